The second-order valence-electron chi connectivity index (χ2n) is 3.31. The maximum atomic E-state index is 11.6. The van der Waals surface area contributed by atoms with E-state index >= 15 is 0 Å². The third-order valence-electron chi connectivity index (χ3n) is 2.06. The Morgan fingerprint density at radius 2 is 2.20 bits per heavy atom. The van der Waals surface area contributed by atoms with E-state index in [9.17, 15) is 8.42 Å². The van der Waals surface area contributed by atoms with E-state index in [2.05, 4.69) is 21.1 Å². The van der Waals surface area contributed by atoms with Crippen LogP contribution in [0, 0.1) is 6.92 Å². The highest BCUT2D eigenvalue weighted by Crippen LogP contribution is 2.23. The van der Waals surface area contributed by atoms with Gasteiger partial charge in [0.15, 0.2) is 15.6 Å². The van der Waals surface area contributed by atoms with E-state index in [0.717, 1.165) is 0 Å². The lowest BCUT2D eigenvalue weighted by Crippen LogP contribution is -2.23. The Kier molecular flexibility index (Phi) is 3.91. The summed E-state index contributed by atoms with van der Waals surface area (Å²) in [6.45, 7) is 2.76. The second kappa shape index (κ2) is 4.63. The molecule has 1 heterocycles. The fourth-order valence-corrected chi connectivity index (χ4v) is 2.48. The van der Waals surface area contributed by atoms with Gasteiger partial charge in [-0.05, 0) is 29.8 Å². The van der Waals surface area contributed by atoms with Crippen LogP contribution in [0.3, 0.4) is 0 Å². The van der Waals surface area contributed by atoms with Gasteiger partial charge in [0.25, 0.3) is 0 Å². The molecule has 0 saturated carbocycles. The van der Waals surface area contributed by atoms with Gasteiger partial charge < -0.3 is 9.63 Å². The smallest absolute Gasteiger partial charge is 0.166 e. The normalized spacial score (nSPS) is 14.1. The Hall–Kier alpha value is -0.400. The summed E-state index contributed by atoms with van der Waals surface area (Å²) < 4.78 is 28.7. The lowest BCUT2D eigenvalue weighted by Gasteiger charge is -2.07. The lowest BCUT2D eigenvalue weighted by molar-refractivity contribution is 0.295. The summed E-state index contributed by atoms with van der Waals surface area (Å²) >= 11 is 3.19. The van der Waals surface area contributed by atoms with E-state index in [4.69, 9.17) is 9.63 Å². The number of halogens is 1. The van der Waals surface area contributed by atoms with Crippen molar-refractivity contribution in [2.75, 3.05) is 6.61 Å². The summed E-state index contributed by atoms with van der Waals surface area (Å²) in [5.41, 5.74) is 0.608. The Bertz CT molecular complexity index is 439. The highest BCUT2D eigenvalue weighted by molar-refractivity contribution is 9.10. The molecule has 0 fully saturated rings. The summed E-state index contributed by atoms with van der Waals surface area (Å²) in [5.74, 6) is 0.0173. The zero-order valence-electron chi connectivity index (χ0n) is 8.40. The summed E-state index contributed by atoms with van der Waals surface area (Å²) in [4.78, 5) is 0. The van der Waals surface area contributed by atoms with E-state index in [1.165, 1.54) is 6.92 Å². The average molecular weight is 298 g/mol. The zero-order valence-corrected chi connectivity index (χ0v) is 10.8. The van der Waals surface area contributed by atoms with E-state index in [1.807, 2.05) is 0 Å². The van der Waals surface area contributed by atoms with E-state index in [1.54, 1.807) is 6.92 Å². The number of aliphatic hydroxyl groups excluding tert-OH is 1. The Labute approximate surface area is 96.5 Å². The number of aryl methyl sites for hydroxylation is 1. The number of rotatable bonds is 4. The van der Waals surface area contributed by atoms with Gasteiger partial charge in [-0.15, -0.1) is 0 Å². The summed E-state index contributed by atoms with van der Waals surface area (Å²) in [6.07, 6.45) is 0. The van der Waals surface area contributed by atoms with Crippen molar-refractivity contribution in [3.8, 4) is 0 Å². The molecule has 1 atom stereocenters. The van der Waals surface area contributed by atoms with Gasteiger partial charge in [0.2, 0.25) is 0 Å². The average Bonchev–Trinajstić information content (AvgIpc) is 2.48. The second-order valence-corrected chi connectivity index (χ2v) is 6.52. The van der Waals surface area contributed by atoms with Crippen molar-refractivity contribution in [3.63, 3.8) is 0 Å². The molecule has 15 heavy (non-hydrogen) atoms. The quantitative estimate of drug-likeness (QED) is 0.898. The predicted octanol–water partition coefficient (Wildman–Crippen LogP) is 1.04. The first-order valence-electron chi connectivity index (χ1n) is 4.31. The number of sulfone groups is 1. The van der Waals surface area contributed by atoms with Gasteiger partial charge in [0, 0.05) is 0 Å². The first kappa shape index (κ1) is 12.7. The van der Waals surface area contributed by atoms with Gasteiger partial charge in [-0.2, -0.15) is 0 Å². The largest absolute Gasteiger partial charge is 0.395 e. The van der Waals surface area contributed by atoms with Crippen LogP contribution in [0.2, 0.25) is 0 Å². The molecule has 0 radical (unpaired) electrons. The molecule has 0 saturated heterocycles. The Morgan fingerprint density at radius 3 is 2.60 bits per heavy atom. The van der Waals surface area contributed by atoms with Gasteiger partial charge >= 0.3 is 0 Å². The standard InChI is InChI=1S/C8H12BrNO4S/c1-5(3-11)15(12,13)4-7-8(9)6(2)10-14-7/h5,11H,3-4H2,1-2H3. The monoisotopic (exact) mass is 297 g/mol. The molecular formula is C8H12BrNO4S. The Balaban J connectivity index is 2.92. The van der Waals surface area contributed by atoms with Crippen molar-refractivity contribution in [1.82, 2.24) is 5.16 Å². The van der Waals surface area contributed by atoms with E-state index in [-0.39, 0.29) is 11.5 Å². The maximum absolute atomic E-state index is 11.6. The summed E-state index contributed by atoms with van der Waals surface area (Å²) in [6, 6.07) is 0. The topological polar surface area (TPSA) is 80.4 Å². The van der Waals surface area contributed by atoms with Gasteiger partial charge in [0.1, 0.15) is 5.75 Å². The molecule has 0 aromatic carbocycles. The fourth-order valence-electron chi connectivity index (χ4n) is 0.934. The van der Waals surface area contributed by atoms with Crippen molar-refractivity contribution < 1.29 is 18.0 Å². The molecule has 5 nitrogen and oxygen atoms in total. The molecule has 0 aliphatic heterocycles. The van der Waals surface area contributed by atoms with Crippen molar-refractivity contribution in [3.05, 3.63) is 15.9 Å². The van der Waals surface area contributed by atoms with Gasteiger partial charge in [-0.25, -0.2) is 8.42 Å². The predicted molar refractivity (Wildman–Crippen MR) is 58.1 cm³/mol. The van der Waals surface area contributed by atoms with Crippen molar-refractivity contribution >= 4 is 25.8 Å². The molecular weight excluding hydrogens is 286 g/mol. The minimum absolute atomic E-state index is 0.254. The summed E-state index contributed by atoms with van der Waals surface area (Å²) in [7, 11) is -3.39. The SMILES string of the molecule is Cc1noc(CS(=O)(=O)C(C)CO)c1Br. The maximum Gasteiger partial charge on any atom is 0.166 e. The lowest BCUT2D eigenvalue weighted by atomic mass is 10.4. The van der Waals surface area contributed by atoms with E-state index < -0.39 is 21.7 Å². The van der Waals surface area contributed by atoms with Crippen LogP contribution in [-0.4, -0.2) is 30.5 Å². The third kappa shape index (κ3) is 2.79. The number of hydrogen-bond acceptors (Lipinski definition) is 5. The van der Waals surface area contributed by atoms with Gasteiger partial charge in [0.05, 0.1) is 22.0 Å². The molecule has 1 aromatic rings. The first-order chi connectivity index (χ1) is 6.88. The summed E-state index contributed by atoms with van der Waals surface area (Å²) in [5, 5.41) is 11.6. The Morgan fingerprint density at radius 1 is 1.60 bits per heavy atom. The van der Waals surface area contributed by atoms with Crippen LogP contribution in [0.25, 0.3) is 0 Å². The third-order valence-corrected chi connectivity index (χ3v) is 5.11. The number of aromatic nitrogens is 1. The van der Waals surface area contributed by atoms with Crippen LogP contribution in [-0.2, 0) is 15.6 Å². The molecule has 0 bridgehead atoms. The molecule has 1 N–H and O–H groups in total. The molecule has 1 rings (SSSR count). The molecule has 1 aromatic heterocycles. The molecule has 0 aliphatic carbocycles. The van der Waals surface area contributed by atoms with Crippen molar-refractivity contribution in [2.24, 2.45) is 0 Å². The van der Waals surface area contributed by atoms with Crippen LogP contribution in [0.1, 0.15) is 18.4 Å². The molecule has 86 valence electrons. The highest BCUT2D eigenvalue weighted by atomic mass is 79.9. The first-order valence-corrected chi connectivity index (χ1v) is 6.82. The number of aliphatic hydroxyl groups is 1. The molecule has 0 aliphatic rings. The van der Waals surface area contributed by atoms with Crippen LogP contribution in [0.5, 0.6) is 0 Å². The zero-order chi connectivity index (χ0) is 11.6. The van der Waals surface area contributed by atoms with Gasteiger partial charge in [-0.3, -0.25) is 0 Å². The molecule has 0 amide bonds. The fraction of sp³-hybridized carbons (Fsp3) is 0.625. The van der Waals surface area contributed by atoms with Crippen molar-refractivity contribution in [1.29, 1.82) is 0 Å². The van der Waals surface area contributed by atoms with Crippen molar-refractivity contribution in [2.45, 2.75) is 24.9 Å². The van der Waals surface area contributed by atoms with E-state index in [0.29, 0.717) is 10.2 Å². The minimum atomic E-state index is -3.39. The number of hydrogen-bond donors (Lipinski definition) is 1. The molecule has 0 spiro atoms. The molecule has 1 unspecified atom stereocenters. The van der Waals surface area contributed by atoms with Crippen LogP contribution in [0.15, 0.2) is 9.00 Å². The van der Waals surface area contributed by atoms with Crippen LogP contribution >= 0.6 is 15.9 Å². The minimum Gasteiger partial charge on any atom is -0.395 e. The molecule has 7 heteroatoms. The highest BCUT2D eigenvalue weighted by Gasteiger charge is 2.24. The van der Waals surface area contributed by atoms with Gasteiger partial charge in [-0.1, -0.05) is 5.16 Å². The van der Waals surface area contributed by atoms with Crippen LogP contribution in [0.4, 0.5) is 0 Å². The van der Waals surface area contributed by atoms with Crippen LogP contribution < -0.4 is 0 Å². The number of nitrogens with zero attached hydrogens (tertiary/aromatic N) is 1.